The van der Waals surface area contributed by atoms with E-state index in [9.17, 15) is 18.0 Å². The lowest BCUT2D eigenvalue weighted by molar-refractivity contribution is -0.328. The summed E-state index contributed by atoms with van der Waals surface area (Å²) in [5.74, 6) is 0.225. The Hall–Kier alpha value is -1.90. The van der Waals surface area contributed by atoms with Crippen molar-refractivity contribution in [3.63, 3.8) is 0 Å². The first-order valence-electron chi connectivity index (χ1n) is 7.17. The van der Waals surface area contributed by atoms with Gasteiger partial charge in [0.05, 0.1) is 0 Å². The van der Waals surface area contributed by atoms with E-state index in [1.807, 2.05) is 4.90 Å². The van der Waals surface area contributed by atoms with Crippen LogP contribution >= 0.6 is 0 Å². The molecular weight excluding hydrogens is 313 g/mol. The van der Waals surface area contributed by atoms with Crippen LogP contribution in [-0.4, -0.2) is 55.1 Å². The van der Waals surface area contributed by atoms with Crippen LogP contribution in [0.1, 0.15) is 23.3 Å². The molecule has 1 aliphatic carbocycles. The van der Waals surface area contributed by atoms with Gasteiger partial charge in [0, 0.05) is 32.7 Å². The Balaban J connectivity index is 1.61. The van der Waals surface area contributed by atoms with Crippen molar-refractivity contribution in [1.29, 1.82) is 0 Å². The largest absolute Gasteiger partial charge is 0.417 e. The quantitative estimate of drug-likeness (QED) is 0.907. The molecule has 1 spiro atoms. The van der Waals surface area contributed by atoms with Crippen molar-refractivity contribution >= 4 is 11.7 Å². The van der Waals surface area contributed by atoms with Crippen molar-refractivity contribution in [2.24, 2.45) is 5.41 Å². The van der Waals surface area contributed by atoms with Gasteiger partial charge in [-0.1, -0.05) is 0 Å². The van der Waals surface area contributed by atoms with Crippen molar-refractivity contribution in [3.05, 3.63) is 17.8 Å². The van der Waals surface area contributed by atoms with E-state index in [-0.39, 0.29) is 29.9 Å². The number of nitrogens with one attached hydrogen (secondary N) is 1. The van der Waals surface area contributed by atoms with Gasteiger partial charge in [-0.2, -0.15) is 13.2 Å². The van der Waals surface area contributed by atoms with E-state index < -0.39 is 11.8 Å². The minimum Gasteiger partial charge on any atom is -0.369 e. The number of hydrogen-bond acceptors (Lipinski definition) is 5. The first-order chi connectivity index (χ1) is 10.7. The molecule has 1 N–H and O–H groups in total. The molecule has 0 radical (unpaired) electrons. The zero-order chi connectivity index (χ0) is 16.9. The van der Waals surface area contributed by atoms with Crippen LogP contribution in [0, 0.1) is 5.41 Å². The predicted molar refractivity (Wildman–Crippen MR) is 75.1 cm³/mol. The van der Waals surface area contributed by atoms with Gasteiger partial charge in [0.2, 0.25) is 0 Å². The van der Waals surface area contributed by atoms with E-state index in [4.69, 9.17) is 4.74 Å². The smallest absolute Gasteiger partial charge is 0.369 e. The number of amides is 1. The van der Waals surface area contributed by atoms with Crippen LogP contribution in [-0.2, 0) is 4.74 Å². The third kappa shape index (κ3) is 2.43. The molecule has 1 aromatic heterocycles. The fourth-order valence-corrected chi connectivity index (χ4v) is 3.51. The Morgan fingerprint density at radius 2 is 1.96 bits per heavy atom. The van der Waals surface area contributed by atoms with Gasteiger partial charge in [-0.05, 0) is 25.0 Å². The minimum absolute atomic E-state index is 0.0275. The molecule has 0 unspecified atom stereocenters. The number of rotatable bonds is 3. The molecule has 23 heavy (non-hydrogen) atoms. The van der Waals surface area contributed by atoms with Crippen LogP contribution in [0.25, 0.3) is 0 Å². The number of methoxy groups -OCH3 is 1. The van der Waals surface area contributed by atoms with Crippen molar-refractivity contribution < 1.29 is 22.7 Å². The third-order valence-corrected chi connectivity index (χ3v) is 4.72. The van der Waals surface area contributed by atoms with E-state index in [1.54, 1.807) is 12.1 Å². The fraction of sp³-hybridized carbons (Fsp3) is 0.643. The van der Waals surface area contributed by atoms with E-state index >= 15 is 0 Å². The maximum absolute atomic E-state index is 13.0. The average Bonchev–Trinajstić information content (AvgIpc) is 2.43. The summed E-state index contributed by atoms with van der Waals surface area (Å²) in [5.41, 5.74) is -2.17. The highest BCUT2D eigenvalue weighted by atomic mass is 19.4. The number of nitrogens with zero attached hydrogens (tertiary/aromatic N) is 3. The standard InChI is InChI=1S/C14H17F3N4O2/c1-18-11(22)9-3-4-10(20-19-9)21-7-12(8-21)5-13(6-12,23-2)14(15,16)17/h3-4H,5-8H2,1-2H3,(H,18,22). The zero-order valence-electron chi connectivity index (χ0n) is 12.8. The van der Waals surface area contributed by atoms with E-state index in [0.29, 0.717) is 18.9 Å². The molecule has 2 fully saturated rings. The monoisotopic (exact) mass is 330 g/mol. The topological polar surface area (TPSA) is 67.4 Å². The molecule has 9 heteroatoms. The summed E-state index contributed by atoms with van der Waals surface area (Å²) in [5, 5.41) is 10.2. The maximum atomic E-state index is 13.0. The Morgan fingerprint density at radius 3 is 2.39 bits per heavy atom. The number of ether oxygens (including phenoxy) is 1. The van der Waals surface area contributed by atoms with Crippen molar-refractivity contribution in [3.8, 4) is 0 Å². The summed E-state index contributed by atoms with van der Waals surface area (Å²) < 4.78 is 43.9. The molecule has 3 rings (SSSR count). The van der Waals surface area contributed by atoms with Crippen LogP contribution in [0.2, 0.25) is 0 Å². The summed E-state index contributed by atoms with van der Waals surface area (Å²) in [6.45, 7) is 0.977. The summed E-state index contributed by atoms with van der Waals surface area (Å²) in [6.07, 6.45) is -4.40. The van der Waals surface area contributed by atoms with Crippen LogP contribution < -0.4 is 10.2 Å². The van der Waals surface area contributed by atoms with E-state index in [1.165, 1.54) is 7.05 Å². The van der Waals surface area contributed by atoms with Gasteiger partial charge in [0.15, 0.2) is 17.1 Å². The number of anilines is 1. The highest BCUT2D eigenvalue weighted by Gasteiger charge is 2.71. The average molecular weight is 330 g/mol. The Bertz CT molecular complexity index is 603. The summed E-state index contributed by atoms with van der Waals surface area (Å²) >= 11 is 0. The molecule has 1 saturated heterocycles. The highest BCUT2D eigenvalue weighted by Crippen LogP contribution is 2.61. The maximum Gasteiger partial charge on any atom is 0.417 e. The number of carbonyl (C=O) groups excluding carboxylic acids is 1. The van der Waals surface area contributed by atoms with Crippen LogP contribution in [0.4, 0.5) is 19.0 Å². The lowest BCUT2D eigenvalue weighted by Crippen LogP contribution is -2.72. The second-order valence-corrected chi connectivity index (χ2v) is 6.26. The Morgan fingerprint density at radius 1 is 1.30 bits per heavy atom. The third-order valence-electron chi connectivity index (χ3n) is 4.72. The van der Waals surface area contributed by atoms with Gasteiger partial charge in [0.1, 0.15) is 0 Å². The molecule has 1 amide bonds. The van der Waals surface area contributed by atoms with Crippen LogP contribution in [0.15, 0.2) is 12.1 Å². The van der Waals surface area contributed by atoms with Crippen molar-refractivity contribution in [2.45, 2.75) is 24.6 Å². The SMILES string of the molecule is CNC(=O)c1ccc(N2CC3(C2)CC(OC)(C(F)(F)F)C3)nn1. The summed E-state index contributed by atoms with van der Waals surface area (Å²) in [7, 11) is 2.61. The predicted octanol–water partition coefficient (Wildman–Crippen LogP) is 1.38. The molecule has 0 bridgehead atoms. The molecule has 6 nitrogen and oxygen atoms in total. The molecule has 0 aromatic carbocycles. The van der Waals surface area contributed by atoms with Crippen LogP contribution in [0.5, 0.6) is 0 Å². The molecule has 1 aromatic rings. The lowest BCUT2D eigenvalue weighted by atomic mass is 9.54. The second kappa shape index (κ2) is 5.05. The van der Waals surface area contributed by atoms with Crippen molar-refractivity contribution in [2.75, 3.05) is 32.1 Å². The molecule has 1 aliphatic heterocycles. The molecule has 0 atom stereocenters. The van der Waals surface area contributed by atoms with Gasteiger partial charge in [-0.15, -0.1) is 10.2 Å². The first kappa shape index (κ1) is 16.0. The Labute approximate surface area is 131 Å². The fourth-order valence-electron chi connectivity index (χ4n) is 3.51. The van der Waals surface area contributed by atoms with Gasteiger partial charge in [-0.3, -0.25) is 4.79 Å². The zero-order valence-corrected chi connectivity index (χ0v) is 12.8. The molecule has 2 heterocycles. The number of hydrogen-bond donors (Lipinski definition) is 1. The van der Waals surface area contributed by atoms with Gasteiger partial charge >= 0.3 is 6.18 Å². The number of carbonyl (C=O) groups is 1. The normalized spacial score (nSPS) is 21.5. The summed E-state index contributed by atoms with van der Waals surface area (Å²) in [6, 6.07) is 3.19. The highest BCUT2D eigenvalue weighted by molar-refractivity contribution is 5.91. The van der Waals surface area contributed by atoms with Crippen LogP contribution in [0.3, 0.4) is 0 Å². The van der Waals surface area contributed by atoms with Gasteiger partial charge in [-0.25, -0.2) is 0 Å². The molecule has 1 saturated carbocycles. The second-order valence-electron chi connectivity index (χ2n) is 6.26. The lowest BCUT2D eigenvalue weighted by Gasteiger charge is -2.63. The number of aromatic nitrogens is 2. The van der Waals surface area contributed by atoms with E-state index in [2.05, 4.69) is 15.5 Å². The van der Waals surface area contributed by atoms with E-state index in [0.717, 1.165) is 7.11 Å². The molecular formula is C14H17F3N4O2. The minimum atomic E-state index is -4.34. The first-order valence-corrected chi connectivity index (χ1v) is 7.17. The van der Waals surface area contributed by atoms with Crippen molar-refractivity contribution in [1.82, 2.24) is 15.5 Å². The van der Waals surface area contributed by atoms with Gasteiger partial charge in [0.25, 0.3) is 5.91 Å². The Kier molecular flexibility index (Phi) is 3.51. The summed E-state index contributed by atoms with van der Waals surface area (Å²) in [4.78, 5) is 13.2. The molecule has 126 valence electrons. The molecule has 2 aliphatic rings. The number of alkyl halides is 3. The van der Waals surface area contributed by atoms with Gasteiger partial charge < -0.3 is 15.0 Å². The number of halogens is 3.